The number of alkyl carbamates (subject to hydrolysis) is 1. The van der Waals surface area contributed by atoms with Gasteiger partial charge in [0.15, 0.2) is 0 Å². The third-order valence-corrected chi connectivity index (χ3v) is 5.98. The van der Waals surface area contributed by atoms with Gasteiger partial charge in [0, 0.05) is 12.2 Å². The number of aromatic hydroxyl groups is 1. The van der Waals surface area contributed by atoms with Crippen LogP contribution in [0.3, 0.4) is 0 Å². The molecule has 2 rings (SSSR count). The molecule has 0 radical (unpaired) electrons. The first-order chi connectivity index (χ1) is 18.5. The van der Waals surface area contributed by atoms with Gasteiger partial charge in [-0.2, -0.15) is 0 Å². The van der Waals surface area contributed by atoms with Crippen molar-refractivity contribution in [3.63, 3.8) is 0 Å². The van der Waals surface area contributed by atoms with Crippen LogP contribution in [0.4, 0.5) is 10.5 Å². The van der Waals surface area contributed by atoms with E-state index in [2.05, 4.69) is 17.6 Å². The van der Waals surface area contributed by atoms with E-state index >= 15 is 0 Å². The molecule has 2 aromatic rings. The van der Waals surface area contributed by atoms with Crippen molar-refractivity contribution in [2.24, 2.45) is 0 Å². The number of carbonyl (C=O) groups is 3. The highest BCUT2D eigenvalue weighted by Gasteiger charge is 2.32. The summed E-state index contributed by atoms with van der Waals surface area (Å²) >= 11 is 0. The Morgan fingerprint density at radius 2 is 1.54 bits per heavy atom. The average molecular weight is 542 g/mol. The Bertz CT molecular complexity index is 1050. The van der Waals surface area contributed by atoms with E-state index in [-0.39, 0.29) is 12.3 Å². The molecule has 0 saturated carbocycles. The minimum Gasteiger partial charge on any atom is -0.508 e. The lowest BCUT2D eigenvalue weighted by atomic mass is 10.0. The van der Waals surface area contributed by atoms with E-state index in [0.29, 0.717) is 30.0 Å². The van der Waals surface area contributed by atoms with Crippen LogP contribution in [0, 0.1) is 0 Å². The highest BCUT2D eigenvalue weighted by atomic mass is 16.6. The van der Waals surface area contributed by atoms with Gasteiger partial charge in [-0.1, -0.05) is 51.2 Å². The molecule has 0 aliphatic rings. The minimum atomic E-state index is -0.990. The van der Waals surface area contributed by atoms with Gasteiger partial charge in [0.05, 0.1) is 7.11 Å². The fourth-order valence-corrected chi connectivity index (χ4v) is 4.04. The molecule has 0 fully saturated rings. The first-order valence-electron chi connectivity index (χ1n) is 13.5. The summed E-state index contributed by atoms with van der Waals surface area (Å²) in [5.74, 6) is -0.135. The lowest BCUT2D eigenvalue weighted by molar-refractivity contribution is -0.138. The normalized spacial score (nSPS) is 11.8. The summed E-state index contributed by atoms with van der Waals surface area (Å²) in [4.78, 5) is 40.9. The van der Waals surface area contributed by atoms with E-state index in [1.54, 1.807) is 64.3 Å². The second kappa shape index (κ2) is 15.6. The van der Waals surface area contributed by atoms with E-state index in [9.17, 15) is 19.5 Å². The maximum atomic E-state index is 13.7. The van der Waals surface area contributed by atoms with Crippen LogP contribution in [-0.4, -0.2) is 53.7 Å². The summed E-state index contributed by atoms with van der Waals surface area (Å²) in [7, 11) is 1.56. The Morgan fingerprint density at radius 3 is 2.13 bits per heavy atom. The van der Waals surface area contributed by atoms with Crippen LogP contribution >= 0.6 is 0 Å². The molecular formula is C30H43N3O6. The summed E-state index contributed by atoms with van der Waals surface area (Å²) in [6, 6.07) is 12.1. The van der Waals surface area contributed by atoms with Crippen molar-refractivity contribution in [3.05, 3.63) is 54.1 Å². The molecule has 0 aliphatic heterocycles. The maximum Gasteiger partial charge on any atom is 0.408 e. The molecular weight excluding hydrogens is 498 g/mol. The number of rotatable bonds is 14. The van der Waals surface area contributed by atoms with Crippen molar-refractivity contribution < 1.29 is 29.0 Å². The van der Waals surface area contributed by atoms with E-state index < -0.39 is 29.6 Å². The highest BCUT2D eigenvalue weighted by Crippen LogP contribution is 2.26. The molecule has 214 valence electrons. The van der Waals surface area contributed by atoms with Gasteiger partial charge in [-0.05, 0) is 69.2 Å². The summed E-state index contributed by atoms with van der Waals surface area (Å²) in [5, 5.41) is 15.2. The lowest BCUT2D eigenvalue weighted by Crippen LogP contribution is -2.47. The van der Waals surface area contributed by atoms with Crippen molar-refractivity contribution in [1.82, 2.24) is 10.2 Å². The molecule has 2 aromatic carbocycles. The number of hydrogen-bond donors (Lipinski definition) is 3. The Kier molecular flexibility index (Phi) is 12.6. The number of nitrogens with one attached hydrogen (secondary N) is 2. The van der Waals surface area contributed by atoms with E-state index in [1.807, 2.05) is 0 Å². The topological polar surface area (TPSA) is 117 Å². The van der Waals surface area contributed by atoms with Crippen molar-refractivity contribution >= 4 is 23.6 Å². The molecule has 0 aliphatic carbocycles. The number of benzene rings is 2. The fraction of sp³-hybridized carbons (Fsp3) is 0.500. The number of methoxy groups -OCH3 is 1. The molecule has 1 unspecified atom stereocenters. The first kappa shape index (κ1) is 31.5. The van der Waals surface area contributed by atoms with Gasteiger partial charge in [0.25, 0.3) is 5.91 Å². The van der Waals surface area contributed by atoms with E-state index in [1.165, 1.54) is 17.0 Å². The Hall–Kier alpha value is -3.75. The summed E-state index contributed by atoms with van der Waals surface area (Å²) < 4.78 is 10.5. The molecule has 9 nitrogen and oxygen atoms in total. The number of nitrogens with zero attached hydrogens (tertiary/aromatic N) is 1. The zero-order valence-electron chi connectivity index (χ0n) is 23.8. The van der Waals surface area contributed by atoms with Gasteiger partial charge in [0.2, 0.25) is 5.91 Å². The number of ether oxygens (including phenoxy) is 2. The van der Waals surface area contributed by atoms with Crippen LogP contribution in [0.15, 0.2) is 48.5 Å². The third-order valence-electron chi connectivity index (χ3n) is 5.98. The quantitative estimate of drug-likeness (QED) is 0.261. The van der Waals surface area contributed by atoms with Crippen LogP contribution in [-0.2, 0) is 14.3 Å². The highest BCUT2D eigenvalue weighted by molar-refractivity contribution is 5.98. The molecule has 0 heterocycles. The number of unbranched alkanes of at least 4 members (excludes halogenated alkanes) is 5. The molecule has 0 bridgehead atoms. The van der Waals surface area contributed by atoms with Gasteiger partial charge >= 0.3 is 6.09 Å². The summed E-state index contributed by atoms with van der Waals surface area (Å²) in [6.45, 7) is 7.37. The van der Waals surface area contributed by atoms with Crippen molar-refractivity contribution in [2.45, 2.75) is 77.9 Å². The van der Waals surface area contributed by atoms with Crippen molar-refractivity contribution in [3.8, 4) is 11.5 Å². The van der Waals surface area contributed by atoms with Crippen molar-refractivity contribution in [2.75, 3.05) is 25.5 Å². The summed E-state index contributed by atoms with van der Waals surface area (Å²) in [5.41, 5.74) is 0.372. The molecule has 0 spiro atoms. The van der Waals surface area contributed by atoms with Crippen LogP contribution in [0.2, 0.25) is 0 Å². The third kappa shape index (κ3) is 11.3. The first-order valence-corrected chi connectivity index (χ1v) is 13.5. The van der Waals surface area contributed by atoms with E-state index in [0.717, 1.165) is 32.1 Å². The minimum absolute atomic E-state index is 0.0495. The summed E-state index contributed by atoms with van der Waals surface area (Å²) in [6.07, 6.45) is 5.34. The smallest absolute Gasteiger partial charge is 0.408 e. The molecule has 39 heavy (non-hydrogen) atoms. The van der Waals surface area contributed by atoms with Crippen LogP contribution in [0.25, 0.3) is 0 Å². The van der Waals surface area contributed by atoms with Gasteiger partial charge in [0.1, 0.15) is 29.7 Å². The zero-order valence-corrected chi connectivity index (χ0v) is 23.8. The van der Waals surface area contributed by atoms with Gasteiger partial charge in [-0.3, -0.25) is 9.59 Å². The number of phenols is 1. The monoisotopic (exact) mass is 541 g/mol. The molecule has 9 heteroatoms. The van der Waals surface area contributed by atoms with Gasteiger partial charge < -0.3 is 30.1 Å². The molecule has 3 amide bonds. The number of hydrogen-bond acceptors (Lipinski definition) is 6. The average Bonchev–Trinajstić information content (AvgIpc) is 2.89. The van der Waals surface area contributed by atoms with Crippen LogP contribution in [0.5, 0.6) is 11.5 Å². The fourth-order valence-electron chi connectivity index (χ4n) is 4.04. The predicted octanol–water partition coefficient (Wildman–Crippen LogP) is 5.79. The van der Waals surface area contributed by atoms with Crippen molar-refractivity contribution in [1.29, 1.82) is 0 Å². The second-order valence-electron chi connectivity index (χ2n) is 10.4. The molecule has 3 N–H and O–H groups in total. The Labute approximate surface area is 231 Å². The number of anilines is 1. The standard InChI is InChI=1S/C30H43N3O6/c1-6-7-8-9-10-11-20-33(26(35)21-31-29(37)39-30(2,3)4)27(22-12-16-24(34)17-13-22)28(36)32-23-14-18-25(38-5)19-15-23/h12-19,27,34H,6-11,20-21H2,1-5H3,(H,31,37)(H,32,36). The largest absolute Gasteiger partial charge is 0.508 e. The van der Waals surface area contributed by atoms with Gasteiger partial charge in [-0.15, -0.1) is 0 Å². The molecule has 1 atom stereocenters. The lowest BCUT2D eigenvalue weighted by Gasteiger charge is -2.32. The van der Waals surface area contributed by atoms with Gasteiger partial charge in [-0.25, -0.2) is 4.79 Å². The van der Waals surface area contributed by atoms with Crippen LogP contribution < -0.4 is 15.4 Å². The second-order valence-corrected chi connectivity index (χ2v) is 10.4. The zero-order chi connectivity index (χ0) is 28.8. The molecule has 0 aromatic heterocycles. The SMILES string of the molecule is CCCCCCCCN(C(=O)CNC(=O)OC(C)(C)C)C(C(=O)Nc1ccc(OC)cc1)c1ccc(O)cc1. The Morgan fingerprint density at radius 1 is 0.923 bits per heavy atom. The number of amides is 3. The van der Waals surface area contributed by atoms with Crippen LogP contribution in [0.1, 0.15) is 77.8 Å². The molecule has 0 saturated heterocycles. The van der Waals surface area contributed by atoms with E-state index in [4.69, 9.17) is 9.47 Å². The maximum absolute atomic E-state index is 13.7. The predicted molar refractivity (Wildman–Crippen MR) is 152 cm³/mol. The Balaban J connectivity index is 2.31. The number of phenolic OH excluding ortho intramolecular Hbond substituents is 1. The number of carbonyl (C=O) groups excluding carboxylic acids is 3.